The first-order chi connectivity index (χ1) is 8.74. The molecule has 0 aliphatic carbocycles. The lowest BCUT2D eigenvalue weighted by Gasteiger charge is -2.11. The van der Waals surface area contributed by atoms with Gasteiger partial charge in [0, 0.05) is 12.2 Å². The minimum atomic E-state index is -3.86. The summed E-state index contributed by atoms with van der Waals surface area (Å²) in [6, 6.07) is 3.70. The topological polar surface area (TPSA) is 109 Å². The van der Waals surface area contributed by atoms with E-state index in [4.69, 9.17) is 10.8 Å². The van der Waals surface area contributed by atoms with Gasteiger partial charge < -0.3 is 10.8 Å². The highest BCUT2D eigenvalue weighted by atomic mass is 32.2. The summed E-state index contributed by atoms with van der Waals surface area (Å²) >= 11 is 0. The highest BCUT2D eigenvalue weighted by molar-refractivity contribution is 7.89. The van der Waals surface area contributed by atoms with Crippen molar-refractivity contribution in [3.63, 3.8) is 0 Å². The van der Waals surface area contributed by atoms with Crippen LogP contribution in [0.3, 0.4) is 0 Å². The first kappa shape index (κ1) is 15.5. The molecule has 1 rings (SSSR count). The average molecular weight is 286 g/mol. The number of nitrogen functional groups attached to an aromatic ring is 1. The van der Waals surface area contributed by atoms with Crippen LogP contribution in [0.25, 0.3) is 0 Å². The maximum absolute atomic E-state index is 12.1. The van der Waals surface area contributed by atoms with E-state index < -0.39 is 16.0 Å². The molecule has 1 aromatic rings. The number of hydrogen-bond donors (Lipinski definition) is 3. The number of carboxylic acid groups (broad SMARTS) is 1. The molecule has 0 heterocycles. The maximum Gasteiger partial charge on any atom is 0.337 e. The van der Waals surface area contributed by atoms with Gasteiger partial charge in [-0.2, -0.15) is 0 Å². The Labute approximate surface area is 112 Å². The Hall–Kier alpha value is -1.60. The van der Waals surface area contributed by atoms with Gasteiger partial charge in [0.25, 0.3) is 0 Å². The third-order valence-corrected chi connectivity index (χ3v) is 4.04. The van der Waals surface area contributed by atoms with E-state index in [2.05, 4.69) is 4.72 Å². The Morgan fingerprint density at radius 3 is 2.58 bits per heavy atom. The number of rotatable bonds is 6. The van der Waals surface area contributed by atoms with E-state index in [1.165, 1.54) is 12.1 Å². The highest BCUT2D eigenvalue weighted by Gasteiger charge is 2.22. The van der Waals surface area contributed by atoms with Gasteiger partial charge in [0.2, 0.25) is 10.0 Å². The van der Waals surface area contributed by atoms with Crippen LogP contribution in [-0.4, -0.2) is 26.0 Å². The fraction of sp³-hybridized carbons (Fsp3) is 0.417. The van der Waals surface area contributed by atoms with E-state index >= 15 is 0 Å². The average Bonchev–Trinajstić information content (AvgIpc) is 2.27. The molecule has 0 fully saturated rings. The molecular weight excluding hydrogens is 268 g/mol. The molecule has 4 N–H and O–H groups in total. The Bertz CT molecular complexity index is 567. The van der Waals surface area contributed by atoms with Crippen molar-refractivity contribution >= 4 is 21.7 Å². The van der Waals surface area contributed by atoms with Crippen molar-refractivity contribution in [2.75, 3.05) is 12.3 Å². The molecule has 0 aliphatic rings. The van der Waals surface area contributed by atoms with Crippen LogP contribution in [-0.2, 0) is 10.0 Å². The predicted molar refractivity (Wildman–Crippen MR) is 72.5 cm³/mol. The predicted octanol–water partition coefficient (Wildman–Crippen LogP) is 1.29. The number of carboxylic acids is 1. The van der Waals surface area contributed by atoms with Crippen LogP contribution in [0.15, 0.2) is 23.1 Å². The third-order valence-electron chi connectivity index (χ3n) is 2.54. The Morgan fingerprint density at radius 2 is 2.05 bits per heavy atom. The van der Waals surface area contributed by atoms with Gasteiger partial charge in [-0.25, -0.2) is 17.9 Å². The molecular formula is C12H18N2O4S. The third kappa shape index (κ3) is 4.22. The number of benzene rings is 1. The van der Waals surface area contributed by atoms with Crippen molar-refractivity contribution in [3.05, 3.63) is 23.8 Å². The number of nitrogens with two attached hydrogens (primary N) is 1. The SMILES string of the molecule is CC(C)CCNS(=O)(=O)c1cc(N)ccc1C(=O)O. The van der Waals surface area contributed by atoms with Gasteiger partial charge in [0.1, 0.15) is 0 Å². The second kappa shape index (κ2) is 6.03. The Balaban J connectivity index is 3.06. The van der Waals surface area contributed by atoms with Crippen molar-refractivity contribution in [1.82, 2.24) is 4.72 Å². The van der Waals surface area contributed by atoms with Crippen LogP contribution >= 0.6 is 0 Å². The summed E-state index contributed by atoms with van der Waals surface area (Å²) in [5.74, 6) is -0.952. The molecule has 0 spiro atoms. The van der Waals surface area contributed by atoms with E-state index in [-0.39, 0.29) is 22.7 Å². The summed E-state index contributed by atoms with van der Waals surface area (Å²) in [7, 11) is -3.86. The minimum absolute atomic E-state index is 0.203. The zero-order valence-corrected chi connectivity index (χ0v) is 11.7. The first-order valence-electron chi connectivity index (χ1n) is 5.86. The number of sulfonamides is 1. The van der Waals surface area contributed by atoms with Gasteiger partial charge in [-0.3, -0.25) is 0 Å². The number of anilines is 1. The quantitative estimate of drug-likeness (QED) is 0.683. The lowest BCUT2D eigenvalue weighted by Crippen LogP contribution is -2.27. The van der Waals surface area contributed by atoms with Crippen molar-refractivity contribution in [2.45, 2.75) is 25.2 Å². The van der Waals surface area contributed by atoms with Crippen LogP contribution in [0.5, 0.6) is 0 Å². The van der Waals surface area contributed by atoms with Crippen molar-refractivity contribution < 1.29 is 18.3 Å². The molecule has 0 saturated heterocycles. The van der Waals surface area contributed by atoms with Crippen LogP contribution in [0, 0.1) is 5.92 Å². The monoisotopic (exact) mass is 286 g/mol. The van der Waals surface area contributed by atoms with Crippen molar-refractivity contribution in [2.24, 2.45) is 5.92 Å². The summed E-state index contributed by atoms with van der Waals surface area (Å²) in [5, 5.41) is 9.00. The van der Waals surface area contributed by atoms with Gasteiger partial charge in [0.15, 0.2) is 0 Å². The molecule has 7 heteroatoms. The van der Waals surface area contributed by atoms with Crippen LogP contribution < -0.4 is 10.5 Å². The molecule has 19 heavy (non-hydrogen) atoms. The van der Waals surface area contributed by atoms with Gasteiger partial charge in [-0.15, -0.1) is 0 Å². The molecule has 0 amide bonds. The number of nitrogens with one attached hydrogen (secondary N) is 1. The second-order valence-corrected chi connectivity index (χ2v) is 6.38. The fourth-order valence-electron chi connectivity index (χ4n) is 1.50. The van der Waals surface area contributed by atoms with E-state index in [1.807, 2.05) is 13.8 Å². The Kier molecular flexibility index (Phi) is 4.90. The van der Waals surface area contributed by atoms with Crippen molar-refractivity contribution in [1.29, 1.82) is 0 Å². The number of aromatic carboxylic acids is 1. The summed E-state index contributed by atoms with van der Waals surface area (Å²) in [6.07, 6.45) is 0.671. The summed E-state index contributed by atoms with van der Waals surface area (Å²) in [5.41, 5.74) is 5.43. The van der Waals surface area contributed by atoms with Crippen LogP contribution in [0.4, 0.5) is 5.69 Å². The summed E-state index contributed by atoms with van der Waals surface area (Å²) in [6.45, 7) is 4.20. The zero-order valence-electron chi connectivity index (χ0n) is 10.9. The van der Waals surface area contributed by atoms with E-state index in [0.717, 1.165) is 6.07 Å². The fourth-order valence-corrected chi connectivity index (χ4v) is 2.78. The van der Waals surface area contributed by atoms with Gasteiger partial charge in [0.05, 0.1) is 10.5 Å². The van der Waals surface area contributed by atoms with E-state index in [1.54, 1.807) is 0 Å². The largest absolute Gasteiger partial charge is 0.478 e. The maximum atomic E-state index is 12.1. The molecule has 106 valence electrons. The van der Waals surface area contributed by atoms with E-state index in [0.29, 0.717) is 12.3 Å². The van der Waals surface area contributed by atoms with Crippen molar-refractivity contribution in [3.8, 4) is 0 Å². The highest BCUT2D eigenvalue weighted by Crippen LogP contribution is 2.19. The first-order valence-corrected chi connectivity index (χ1v) is 7.35. The smallest absolute Gasteiger partial charge is 0.337 e. The molecule has 6 nitrogen and oxygen atoms in total. The molecule has 0 aliphatic heterocycles. The molecule has 0 bridgehead atoms. The van der Waals surface area contributed by atoms with Gasteiger partial charge in [-0.05, 0) is 30.5 Å². The molecule has 0 atom stereocenters. The van der Waals surface area contributed by atoms with Crippen LogP contribution in [0.1, 0.15) is 30.6 Å². The normalized spacial score (nSPS) is 11.7. The lowest BCUT2D eigenvalue weighted by atomic mass is 10.1. The molecule has 0 radical (unpaired) electrons. The minimum Gasteiger partial charge on any atom is -0.478 e. The van der Waals surface area contributed by atoms with E-state index in [9.17, 15) is 13.2 Å². The van der Waals surface area contributed by atoms with Gasteiger partial charge >= 0.3 is 5.97 Å². The lowest BCUT2D eigenvalue weighted by molar-refractivity contribution is 0.0692. The summed E-state index contributed by atoms with van der Waals surface area (Å²) < 4.78 is 26.5. The second-order valence-electron chi connectivity index (χ2n) is 4.64. The summed E-state index contributed by atoms with van der Waals surface area (Å²) in [4.78, 5) is 10.7. The molecule has 0 unspecified atom stereocenters. The zero-order chi connectivity index (χ0) is 14.6. The number of hydrogen-bond acceptors (Lipinski definition) is 4. The molecule has 1 aromatic carbocycles. The Morgan fingerprint density at radius 1 is 1.42 bits per heavy atom. The molecule has 0 saturated carbocycles. The van der Waals surface area contributed by atoms with Gasteiger partial charge in [-0.1, -0.05) is 13.8 Å². The number of carbonyl (C=O) groups is 1. The molecule has 0 aromatic heterocycles. The van der Waals surface area contributed by atoms with Crippen LogP contribution in [0.2, 0.25) is 0 Å². The standard InChI is InChI=1S/C12H18N2O4S/c1-8(2)5-6-14-19(17,18)11-7-9(13)3-4-10(11)12(15)16/h3-4,7-8,14H,5-6,13H2,1-2H3,(H,15,16).